The molecular formula is C40H68O11. The van der Waals surface area contributed by atoms with Crippen molar-refractivity contribution in [2.24, 2.45) is 41.4 Å². The van der Waals surface area contributed by atoms with Gasteiger partial charge in [-0.05, 0) is 89.2 Å². The van der Waals surface area contributed by atoms with Crippen LogP contribution in [0.25, 0.3) is 0 Å². The van der Waals surface area contributed by atoms with E-state index in [1.807, 2.05) is 27.7 Å². The van der Waals surface area contributed by atoms with Gasteiger partial charge in [-0.1, -0.05) is 41.5 Å². The van der Waals surface area contributed by atoms with Gasteiger partial charge < -0.3 is 49.2 Å². The Morgan fingerprint density at radius 2 is 1.67 bits per heavy atom. The monoisotopic (exact) mass is 724 g/mol. The minimum absolute atomic E-state index is 0.0654. The van der Waals surface area contributed by atoms with Crippen LogP contribution in [-0.2, 0) is 28.5 Å². The van der Waals surface area contributed by atoms with Gasteiger partial charge >= 0.3 is 5.97 Å². The van der Waals surface area contributed by atoms with Crippen molar-refractivity contribution in [1.82, 2.24) is 0 Å². The van der Waals surface area contributed by atoms with Crippen LogP contribution < -0.4 is 0 Å². The second-order valence-corrected chi connectivity index (χ2v) is 17.0. The summed E-state index contributed by atoms with van der Waals surface area (Å²) in [6, 6.07) is 0. The summed E-state index contributed by atoms with van der Waals surface area (Å²) in [6.45, 7) is 17.2. The highest BCUT2D eigenvalue weighted by atomic mass is 16.7. The molecule has 4 aliphatic rings. The van der Waals surface area contributed by atoms with Gasteiger partial charge in [-0.25, -0.2) is 0 Å². The lowest BCUT2D eigenvalue weighted by molar-refractivity contribution is -0.342. The maximum atomic E-state index is 11.8. The van der Waals surface area contributed by atoms with E-state index in [1.54, 1.807) is 20.1 Å². The van der Waals surface area contributed by atoms with Crippen molar-refractivity contribution >= 4 is 5.97 Å². The Balaban J connectivity index is 1.41. The fraction of sp³-hybridized carbons (Fsp3) is 0.875. The average Bonchev–Trinajstić information content (AvgIpc) is 3.35. The first-order valence-corrected chi connectivity index (χ1v) is 19.4. The van der Waals surface area contributed by atoms with Crippen molar-refractivity contribution < 1.29 is 54.0 Å². The number of rotatable bonds is 13. The lowest BCUT2D eigenvalue weighted by Gasteiger charge is -2.50. The summed E-state index contributed by atoms with van der Waals surface area (Å²) < 4.78 is 32.1. The molecule has 0 bridgehead atoms. The van der Waals surface area contributed by atoms with Crippen LogP contribution in [-0.4, -0.2) is 92.9 Å². The number of carbonyl (C=O) groups is 1. The molecule has 51 heavy (non-hydrogen) atoms. The summed E-state index contributed by atoms with van der Waals surface area (Å²) in [4.78, 5) is 11.8. The van der Waals surface area contributed by atoms with Crippen molar-refractivity contribution in [2.45, 2.75) is 168 Å². The van der Waals surface area contributed by atoms with Crippen LogP contribution in [0.1, 0.15) is 120 Å². The van der Waals surface area contributed by atoms with E-state index in [4.69, 9.17) is 23.7 Å². The SMILES string of the molecule is COC1CC(CC2CCC(C)C(C(C)C(=O)O)O2)OC2(OC(C)(C(O)=CCC(C)C(O)=C(C)CCC3OC(O)(CO)C(C)CC3C)CC2C)C1C. The first-order chi connectivity index (χ1) is 23.8. The van der Waals surface area contributed by atoms with E-state index in [9.17, 15) is 30.3 Å². The van der Waals surface area contributed by atoms with Crippen molar-refractivity contribution in [3.63, 3.8) is 0 Å². The van der Waals surface area contributed by atoms with E-state index in [0.717, 1.165) is 24.8 Å². The summed E-state index contributed by atoms with van der Waals surface area (Å²) in [6.07, 6.45) is 6.55. The molecule has 0 saturated carbocycles. The van der Waals surface area contributed by atoms with Crippen molar-refractivity contribution in [2.75, 3.05) is 13.7 Å². The fourth-order valence-electron chi connectivity index (χ4n) is 9.35. The van der Waals surface area contributed by atoms with Crippen LogP contribution in [0.2, 0.25) is 0 Å². The summed E-state index contributed by atoms with van der Waals surface area (Å²) >= 11 is 0. The number of hydrogen-bond acceptors (Lipinski definition) is 10. The Kier molecular flexibility index (Phi) is 13.8. The van der Waals surface area contributed by atoms with Crippen LogP contribution in [0, 0.1) is 41.4 Å². The lowest BCUT2D eigenvalue weighted by Crippen LogP contribution is -2.57. The Labute approximate surface area is 305 Å². The zero-order chi connectivity index (χ0) is 38.1. The van der Waals surface area contributed by atoms with Crippen LogP contribution in [0.4, 0.5) is 0 Å². The summed E-state index contributed by atoms with van der Waals surface area (Å²) in [5, 5.41) is 52.7. The van der Waals surface area contributed by atoms with E-state index in [2.05, 4.69) is 27.7 Å². The van der Waals surface area contributed by atoms with Crippen LogP contribution in [0.15, 0.2) is 23.2 Å². The fourth-order valence-corrected chi connectivity index (χ4v) is 9.35. The maximum absolute atomic E-state index is 11.8. The molecule has 15 atom stereocenters. The molecule has 4 fully saturated rings. The van der Waals surface area contributed by atoms with Crippen molar-refractivity contribution in [1.29, 1.82) is 0 Å². The Morgan fingerprint density at radius 1 is 0.980 bits per heavy atom. The topological polar surface area (TPSA) is 164 Å². The lowest BCUT2D eigenvalue weighted by atomic mass is 9.78. The summed E-state index contributed by atoms with van der Waals surface area (Å²) in [5.41, 5.74) is -0.176. The molecule has 0 aliphatic carbocycles. The summed E-state index contributed by atoms with van der Waals surface area (Å²) in [5.74, 6) is -3.83. The predicted molar refractivity (Wildman–Crippen MR) is 193 cm³/mol. The van der Waals surface area contributed by atoms with Gasteiger partial charge in [0.2, 0.25) is 0 Å². The van der Waals surface area contributed by atoms with Crippen molar-refractivity contribution in [3.05, 3.63) is 23.2 Å². The molecule has 5 N–H and O–H groups in total. The van der Waals surface area contributed by atoms with Gasteiger partial charge in [-0.2, -0.15) is 0 Å². The van der Waals surface area contributed by atoms with Gasteiger partial charge in [0.25, 0.3) is 0 Å². The van der Waals surface area contributed by atoms with Gasteiger partial charge in [0.05, 0.1) is 48.8 Å². The molecule has 1 spiro atoms. The molecule has 294 valence electrons. The first kappa shape index (κ1) is 42.0. The standard InChI is InChI=1S/C40H68O11/c1-22(12-15-32-25(4)17-26(5)39(46,21-41)50-32)35(43)23(2)13-16-34(42)38(9)20-27(6)40(51-38)29(8)33(47-10)19-31(49-40)18-30-14-11-24(3)36(48-30)28(7)37(44)45/h16,23-33,36,41-43,46H,11-15,17-21H2,1-10H3,(H,44,45). The number of carboxylic acid groups (broad SMARTS) is 1. The largest absolute Gasteiger partial charge is 0.512 e. The molecule has 0 radical (unpaired) electrons. The zero-order valence-electron chi connectivity index (χ0n) is 32.8. The highest BCUT2D eigenvalue weighted by Gasteiger charge is 2.62. The molecule has 0 amide bonds. The van der Waals surface area contributed by atoms with E-state index >= 15 is 0 Å². The number of carboxylic acids is 1. The smallest absolute Gasteiger partial charge is 0.308 e. The Bertz CT molecular complexity index is 1250. The molecule has 4 saturated heterocycles. The third-order valence-corrected chi connectivity index (χ3v) is 13.0. The molecule has 0 aromatic heterocycles. The van der Waals surface area contributed by atoms with E-state index < -0.39 is 35.7 Å². The number of aliphatic hydroxyl groups is 4. The molecule has 11 heteroatoms. The molecule has 11 nitrogen and oxygen atoms in total. The third-order valence-electron chi connectivity index (χ3n) is 13.0. The van der Waals surface area contributed by atoms with Crippen LogP contribution in [0.3, 0.4) is 0 Å². The number of aliphatic carboxylic acids is 1. The molecule has 0 aromatic carbocycles. The second-order valence-electron chi connectivity index (χ2n) is 17.0. The van der Waals surface area contributed by atoms with E-state index in [1.165, 1.54) is 0 Å². The van der Waals surface area contributed by atoms with Crippen LogP contribution >= 0.6 is 0 Å². The third kappa shape index (κ3) is 8.98. The summed E-state index contributed by atoms with van der Waals surface area (Å²) in [7, 11) is 1.71. The van der Waals surface area contributed by atoms with Gasteiger partial charge in [-0.3, -0.25) is 4.79 Å². The number of hydrogen-bond donors (Lipinski definition) is 5. The Hall–Kier alpha value is -1.73. The maximum Gasteiger partial charge on any atom is 0.308 e. The quantitative estimate of drug-likeness (QED) is 0.124. The average molecular weight is 725 g/mol. The normalized spacial score (nSPS) is 43.9. The number of methoxy groups -OCH3 is 1. The molecule has 0 aromatic rings. The second kappa shape index (κ2) is 16.7. The molecule has 15 unspecified atom stereocenters. The highest BCUT2D eigenvalue weighted by molar-refractivity contribution is 5.70. The first-order valence-electron chi connectivity index (χ1n) is 19.4. The molecule has 4 heterocycles. The number of allylic oxidation sites excluding steroid dienone is 3. The minimum Gasteiger partial charge on any atom is -0.512 e. The molecular weight excluding hydrogens is 656 g/mol. The Morgan fingerprint density at radius 3 is 2.29 bits per heavy atom. The predicted octanol–water partition coefficient (Wildman–Crippen LogP) is 7.05. The zero-order valence-corrected chi connectivity index (χ0v) is 32.8. The molecule has 4 rings (SSSR count). The highest BCUT2D eigenvalue weighted by Crippen LogP contribution is 2.54. The number of ether oxygens (including phenoxy) is 5. The number of aliphatic hydroxyl groups excluding tert-OH is 3. The van der Waals surface area contributed by atoms with Crippen molar-refractivity contribution in [3.8, 4) is 0 Å². The van der Waals surface area contributed by atoms with Gasteiger partial charge in [0.15, 0.2) is 11.6 Å². The van der Waals surface area contributed by atoms with Crippen LogP contribution in [0.5, 0.6) is 0 Å². The van der Waals surface area contributed by atoms with E-state index in [-0.39, 0.29) is 77.5 Å². The van der Waals surface area contributed by atoms with Gasteiger partial charge in [0.1, 0.15) is 11.4 Å². The van der Waals surface area contributed by atoms with E-state index in [0.29, 0.717) is 38.5 Å². The molecule has 4 aliphatic heterocycles. The van der Waals surface area contributed by atoms with Gasteiger partial charge in [-0.15, -0.1) is 0 Å². The minimum atomic E-state index is -1.54. The van der Waals surface area contributed by atoms with Gasteiger partial charge in [0, 0.05) is 43.6 Å².